The van der Waals surface area contributed by atoms with E-state index in [4.69, 9.17) is 28.1 Å². The fourth-order valence-corrected chi connectivity index (χ4v) is 5.15. The van der Waals surface area contributed by atoms with Gasteiger partial charge in [-0.15, -0.1) is 6.58 Å². The Labute approximate surface area is 204 Å². The van der Waals surface area contributed by atoms with Gasteiger partial charge in [0.25, 0.3) is 0 Å². The third kappa shape index (κ3) is 4.77. The summed E-state index contributed by atoms with van der Waals surface area (Å²) < 4.78 is 35.6. The molecule has 0 aliphatic carbocycles. The van der Waals surface area contributed by atoms with Crippen molar-refractivity contribution in [1.82, 2.24) is 0 Å². The standard InChI is InChI=1S/C27H38O6Si/c1-11-17(2)24(33-34(9,10)27(3,4)5)19-15-22(28-6)25(29-7)26(30-8)23(19)18-12-13-20-21(14-18)32-16-31-20/h11-15,17,24H,1,16H2,2-10H3/t17-,24+/m1/s1. The third-order valence-corrected chi connectivity index (χ3v) is 11.4. The first-order valence-electron chi connectivity index (χ1n) is 11.5. The molecule has 0 amide bonds. The lowest BCUT2D eigenvalue weighted by Crippen LogP contribution is -2.42. The second-order valence-corrected chi connectivity index (χ2v) is 14.8. The summed E-state index contributed by atoms with van der Waals surface area (Å²) in [7, 11) is 2.72. The molecule has 0 spiro atoms. The van der Waals surface area contributed by atoms with Crippen molar-refractivity contribution in [2.45, 2.75) is 51.9 Å². The average molecular weight is 487 g/mol. The highest BCUT2D eigenvalue weighted by molar-refractivity contribution is 6.74. The predicted octanol–water partition coefficient (Wildman–Crippen LogP) is 6.99. The van der Waals surface area contributed by atoms with Gasteiger partial charge in [-0.1, -0.05) is 39.8 Å². The SMILES string of the molecule is C=C[C@@H](C)[C@H](O[Si](C)(C)C(C)(C)C)c1cc(OC)c(OC)c(OC)c1-c1ccc2c(c1)OCO2. The highest BCUT2D eigenvalue weighted by Gasteiger charge is 2.41. The van der Waals surface area contributed by atoms with E-state index in [0.29, 0.717) is 23.0 Å². The largest absolute Gasteiger partial charge is 0.493 e. The fraction of sp³-hybridized carbons (Fsp3) is 0.481. The molecule has 1 aliphatic rings. The van der Waals surface area contributed by atoms with Crippen molar-refractivity contribution >= 4 is 8.32 Å². The molecule has 3 rings (SSSR count). The molecule has 186 valence electrons. The van der Waals surface area contributed by atoms with Gasteiger partial charge in [-0.05, 0) is 47.5 Å². The molecule has 0 fully saturated rings. The van der Waals surface area contributed by atoms with Gasteiger partial charge in [0, 0.05) is 11.5 Å². The molecule has 0 radical (unpaired) electrons. The number of fused-ring (bicyclic) bond motifs is 1. The molecule has 0 N–H and O–H groups in total. The lowest BCUT2D eigenvalue weighted by atomic mass is 9.89. The van der Waals surface area contributed by atoms with E-state index in [1.165, 1.54) is 0 Å². The zero-order valence-electron chi connectivity index (χ0n) is 21.9. The Hall–Kier alpha value is -2.64. The quantitative estimate of drug-likeness (QED) is 0.281. The minimum atomic E-state index is -2.15. The minimum Gasteiger partial charge on any atom is -0.493 e. The molecule has 1 aliphatic heterocycles. The summed E-state index contributed by atoms with van der Waals surface area (Å²) in [5.41, 5.74) is 2.73. The molecule has 1 heterocycles. The van der Waals surface area contributed by atoms with Crippen molar-refractivity contribution in [2.75, 3.05) is 28.1 Å². The van der Waals surface area contributed by atoms with Crippen molar-refractivity contribution < 1.29 is 28.1 Å². The third-order valence-electron chi connectivity index (χ3n) is 6.91. The molecule has 0 saturated carbocycles. The van der Waals surface area contributed by atoms with Crippen molar-refractivity contribution in [3.63, 3.8) is 0 Å². The first-order valence-corrected chi connectivity index (χ1v) is 14.4. The van der Waals surface area contributed by atoms with E-state index in [9.17, 15) is 0 Å². The van der Waals surface area contributed by atoms with Crippen LogP contribution in [-0.2, 0) is 4.43 Å². The summed E-state index contributed by atoms with van der Waals surface area (Å²) in [6, 6.07) is 7.89. The van der Waals surface area contributed by atoms with Crippen LogP contribution in [0.15, 0.2) is 36.9 Å². The van der Waals surface area contributed by atoms with Crippen LogP contribution < -0.4 is 23.7 Å². The first kappa shape index (κ1) is 26.0. The van der Waals surface area contributed by atoms with Crippen molar-refractivity contribution in [3.8, 4) is 39.9 Å². The molecule has 2 aromatic carbocycles. The van der Waals surface area contributed by atoms with E-state index in [2.05, 4.69) is 47.4 Å². The highest BCUT2D eigenvalue weighted by Crippen LogP contribution is 2.52. The monoisotopic (exact) mass is 486 g/mol. The van der Waals surface area contributed by atoms with Gasteiger partial charge < -0.3 is 28.1 Å². The maximum Gasteiger partial charge on any atom is 0.231 e. The summed E-state index contributed by atoms with van der Waals surface area (Å²) in [5, 5.41) is 0.0334. The number of rotatable bonds is 9. The van der Waals surface area contributed by atoms with Crippen LogP contribution in [0.25, 0.3) is 11.1 Å². The molecular weight excluding hydrogens is 448 g/mol. The van der Waals surface area contributed by atoms with Crippen LogP contribution in [0, 0.1) is 5.92 Å². The summed E-state index contributed by atoms with van der Waals surface area (Å²) in [6.45, 7) is 17.6. The van der Waals surface area contributed by atoms with Crippen LogP contribution >= 0.6 is 0 Å². The molecule has 7 heteroatoms. The van der Waals surface area contributed by atoms with E-state index in [1.807, 2.05) is 30.3 Å². The fourth-order valence-electron chi connectivity index (χ4n) is 3.82. The van der Waals surface area contributed by atoms with Crippen LogP contribution in [0.4, 0.5) is 0 Å². The maximum atomic E-state index is 7.03. The smallest absolute Gasteiger partial charge is 0.231 e. The zero-order chi connectivity index (χ0) is 25.3. The zero-order valence-corrected chi connectivity index (χ0v) is 22.9. The molecule has 34 heavy (non-hydrogen) atoms. The Bertz CT molecular complexity index is 1040. The lowest BCUT2D eigenvalue weighted by molar-refractivity contribution is 0.147. The van der Waals surface area contributed by atoms with Gasteiger partial charge in [0.15, 0.2) is 31.3 Å². The Morgan fingerprint density at radius 2 is 1.62 bits per heavy atom. The molecule has 0 unspecified atom stereocenters. The number of methoxy groups -OCH3 is 3. The molecule has 0 bridgehead atoms. The van der Waals surface area contributed by atoms with Crippen LogP contribution in [0.2, 0.25) is 18.1 Å². The minimum absolute atomic E-state index is 0.0321. The summed E-state index contributed by atoms with van der Waals surface area (Å²) in [4.78, 5) is 0. The van der Waals surface area contributed by atoms with Crippen LogP contribution in [-0.4, -0.2) is 36.4 Å². The molecule has 6 nitrogen and oxygen atoms in total. The van der Waals surface area contributed by atoms with E-state index in [-0.39, 0.29) is 23.9 Å². The number of ether oxygens (including phenoxy) is 5. The number of hydrogen-bond acceptors (Lipinski definition) is 6. The van der Waals surface area contributed by atoms with E-state index in [1.54, 1.807) is 21.3 Å². The number of benzene rings is 2. The number of hydrogen-bond donors (Lipinski definition) is 0. The average Bonchev–Trinajstić information content (AvgIpc) is 3.27. The maximum absolute atomic E-state index is 7.03. The van der Waals surface area contributed by atoms with Crippen molar-refractivity contribution in [1.29, 1.82) is 0 Å². The second-order valence-electron chi connectivity index (χ2n) is 10.1. The molecular formula is C27H38O6Si. The Kier molecular flexibility index (Phi) is 7.58. The van der Waals surface area contributed by atoms with Gasteiger partial charge in [-0.2, -0.15) is 0 Å². The predicted molar refractivity (Wildman–Crippen MR) is 138 cm³/mol. The molecule has 0 saturated heterocycles. The van der Waals surface area contributed by atoms with Crippen molar-refractivity contribution in [2.24, 2.45) is 5.92 Å². The Balaban J connectivity index is 2.33. The van der Waals surface area contributed by atoms with Gasteiger partial charge in [0.05, 0.1) is 27.4 Å². The van der Waals surface area contributed by atoms with Gasteiger partial charge in [0.2, 0.25) is 12.5 Å². The van der Waals surface area contributed by atoms with Gasteiger partial charge in [-0.3, -0.25) is 0 Å². The van der Waals surface area contributed by atoms with Crippen molar-refractivity contribution in [3.05, 3.63) is 42.5 Å². The molecule has 2 aromatic rings. The van der Waals surface area contributed by atoms with E-state index in [0.717, 1.165) is 22.4 Å². The second kappa shape index (κ2) is 9.92. The first-order chi connectivity index (χ1) is 16.0. The van der Waals surface area contributed by atoms with Gasteiger partial charge in [-0.25, -0.2) is 0 Å². The van der Waals surface area contributed by atoms with Gasteiger partial charge in [0.1, 0.15) is 0 Å². The Morgan fingerprint density at radius 3 is 2.18 bits per heavy atom. The topological polar surface area (TPSA) is 55.4 Å². The van der Waals surface area contributed by atoms with Crippen LogP contribution in [0.5, 0.6) is 28.7 Å². The highest BCUT2D eigenvalue weighted by atomic mass is 28.4. The summed E-state index contributed by atoms with van der Waals surface area (Å²) in [5.74, 6) is 3.13. The summed E-state index contributed by atoms with van der Waals surface area (Å²) in [6.07, 6.45) is 1.66. The lowest BCUT2D eigenvalue weighted by Gasteiger charge is -2.41. The normalized spacial score (nSPS) is 15.0. The Morgan fingerprint density at radius 1 is 0.971 bits per heavy atom. The van der Waals surface area contributed by atoms with Gasteiger partial charge >= 0.3 is 0 Å². The van der Waals surface area contributed by atoms with E-state index >= 15 is 0 Å². The molecule has 0 aromatic heterocycles. The molecule has 2 atom stereocenters. The summed E-state index contributed by atoms with van der Waals surface area (Å²) >= 11 is 0. The van der Waals surface area contributed by atoms with Crippen LogP contribution in [0.1, 0.15) is 39.4 Å². The van der Waals surface area contributed by atoms with Crippen LogP contribution in [0.3, 0.4) is 0 Å². The van der Waals surface area contributed by atoms with E-state index < -0.39 is 8.32 Å².